The van der Waals surface area contributed by atoms with E-state index in [0.717, 1.165) is 12.3 Å². The predicted octanol–water partition coefficient (Wildman–Crippen LogP) is 2.37. The van der Waals surface area contributed by atoms with Gasteiger partial charge in [0.25, 0.3) is 0 Å². The highest BCUT2D eigenvalue weighted by Gasteiger charge is 2.32. The second-order valence-electron chi connectivity index (χ2n) is 5.07. The third-order valence-electron chi connectivity index (χ3n) is 3.35. The quantitative estimate of drug-likeness (QED) is 0.741. The molecule has 0 aliphatic carbocycles. The highest BCUT2D eigenvalue weighted by Crippen LogP contribution is 2.30. The van der Waals surface area contributed by atoms with Crippen LogP contribution in [0, 0.1) is 0 Å². The van der Waals surface area contributed by atoms with E-state index in [4.69, 9.17) is 5.73 Å². The van der Waals surface area contributed by atoms with Gasteiger partial charge in [0.05, 0.1) is 11.8 Å². The third kappa shape index (κ3) is 3.33. The summed E-state index contributed by atoms with van der Waals surface area (Å²) in [6, 6.07) is 4.61. The van der Waals surface area contributed by atoms with Crippen molar-refractivity contribution in [3.63, 3.8) is 0 Å². The Morgan fingerprint density at radius 2 is 1.65 bits per heavy atom. The lowest BCUT2D eigenvalue weighted by Gasteiger charge is -2.09. The second kappa shape index (κ2) is 6.33. The van der Waals surface area contributed by atoms with Gasteiger partial charge in [-0.2, -0.15) is 13.2 Å². The highest BCUT2D eigenvalue weighted by atomic mass is 32.2. The summed E-state index contributed by atoms with van der Waals surface area (Å²) in [7, 11) is -4.27. The second-order valence-corrected chi connectivity index (χ2v) is 6.93. The van der Waals surface area contributed by atoms with Gasteiger partial charge in [0.2, 0.25) is 9.84 Å². The molecule has 3 aromatic rings. The number of nitrogens with zero attached hydrogens (tertiary/aromatic N) is 4. The number of halogens is 3. The first kappa shape index (κ1) is 17.7. The first-order valence-corrected chi connectivity index (χ1v) is 8.49. The van der Waals surface area contributed by atoms with Crippen LogP contribution in [0.15, 0.2) is 59.0 Å². The number of rotatable bonds is 3. The average molecular weight is 381 g/mol. The largest absolute Gasteiger partial charge is 0.417 e. The standard InChI is InChI=1S/C15H10F3N5O2S/c16-15(17,18)10-1-2-12(21-7-10)26(24,25)11-8-22-14(23-13(11)19)9-3-5-20-6-4-9/h1-8H,(H2,19,22,23). The lowest BCUT2D eigenvalue weighted by molar-refractivity contribution is -0.137. The van der Waals surface area contributed by atoms with Crippen LogP contribution in [0.25, 0.3) is 11.4 Å². The molecule has 0 aromatic carbocycles. The van der Waals surface area contributed by atoms with Gasteiger partial charge in [-0.3, -0.25) is 4.98 Å². The Hall–Kier alpha value is -3.08. The number of alkyl halides is 3. The molecular weight excluding hydrogens is 371 g/mol. The Kier molecular flexibility index (Phi) is 4.32. The van der Waals surface area contributed by atoms with Gasteiger partial charge >= 0.3 is 6.18 Å². The summed E-state index contributed by atoms with van der Waals surface area (Å²) in [4.78, 5) is 14.7. The number of hydrogen-bond acceptors (Lipinski definition) is 7. The topological polar surface area (TPSA) is 112 Å². The number of aromatic nitrogens is 4. The van der Waals surface area contributed by atoms with Crippen LogP contribution < -0.4 is 5.73 Å². The summed E-state index contributed by atoms with van der Waals surface area (Å²) >= 11 is 0. The van der Waals surface area contributed by atoms with E-state index >= 15 is 0 Å². The SMILES string of the molecule is Nc1nc(-c2ccncc2)ncc1S(=O)(=O)c1ccc(C(F)(F)F)cn1. The lowest BCUT2D eigenvalue weighted by atomic mass is 10.2. The van der Waals surface area contributed by atoms with Crippen LogP contribution >= 0.6 is 0 Å². The molecule has 0 spiro atoms. The molecule has 0 fully saturated rings. The van der Waals surface area contributed by atoms with E-state index in [0.29, 0.717) is 17.8 Å². The maximum absolute atomic E-state index is 12.6. The van der Waals surface area contributed by atoms with Gasteiger partial charge in [-0.1, -0.05) is 0 Å². The number of sulfone groups is 1. The molecular formula is C15H10F3N5O2S. The zero-order chi connectivity index (χ0) is 18.9. The molecule has 0 radical (unpaired) electrons. The van der Waals surface area contributed by atoms with Crippen LogP contribution in [0.2, 0.25) is 0 Å². The molecule has 0 amide bonds. The van der Waals surface area contributed by atoms with E-state index in [9.17, 15) is 21.6 Å². The van der Waals surface area contributed by atoms with Gasteiger partial charge < -0.3 is 5.73 Å². The lowest BCUT2D eigenvalue weighted by Crippen LogP contribution is -2.12. The Labute approximate surface area is 145 Å². The first-order valence-electron chi connectivity index (χ1n) is 7.01. The number of nitrogen functional groups attached to an aromatic ring is 1. The molecule has 26 heavy (non-hydrogen) atoms. The first-order chi connectivity index (χ1) is 12.2. The number of nitrogens with two attached hydrogens (primary N) is 1. The Bertz CT molecular complexity index is 1040. The smallest absolute Gasteiger partial charge is 0.382 e. The zero-order valence-corrected chi connectivity index (χ0v) is 13.7. The fourth-order valence-electron chi connectivity index (χ4n) is 2.05. The predicted molar refractivity (Wildman–Crippen MR) is 84.4 cm³/mol. The third-order valence-corrected chi connectivity index (χ3v) is 5.04. The number of hydrogen-bond donors (Lipinski definition) is 1. The molecule has 3 heterocycles. The zero-order valence-electron chi connectivity index (χ0n) is 12.8. The maximum atomic E-state index is 12.6. The van der Waals surface area contributed by atoms with E-state index in [1.807, 2.05) is 0 Å². The van der Waals surface area contributed by atoms with Crippen molar-refractivity contribution >= 4 is 15.7 Å². The minimum absolute atomic E-state index is 0.184. The molecule has 7 nitrogen and oxygen atoms in total. The molecule has 0 bridgehead atoms. The molecule has 3 aromatic heterocycles. The van der Waals surface area contributed by atoms with Crippen LogP contribution in [0.1, 0.15) is 5.56 Å². The highest BCUT2D eigenvalue weighted by molar-refractivity contribution is 7.91. The minimum Gasteiger partial charge on any atom is -0.382 e. The summed E-state index contributed by atoms with van der Waals surface area (Å²) in [5.74, 6) is -0.155. The van der Waals surface area contributed by atoms with Crippen LogP contribution in [-0.2, 0) is 16.0 Å². The van der Waals surface area contributed by atoms with Crippen molar-refractivity contribution in [2.24, 2.45) is 0 Å². The molecule has 134 valence electrons. The maximum Gasteiger partial charge on any atom is 0.417 e. The average Bonchev–Trinajstić information content (AvgIpc) is 2.61. The van der Waals surface area contributed by atoms with E-state index in [1.54, 1.807) is 12.1 Å². The monoisotopic (exact) mass is 381 g/mol. The van der Waals surface area contributed by atoms with Crippen molar-refractivity contribution in [1.82, 2.24) is 19.9 Å². The molecule has 0 aliphatic rings. The van der Waals surface area contributed by atoms with Gasteiger partial charge in [0, 0.05) is 24.2 Å². The van der Waals surface area contributed by atoms with Crippen molar-refractivity contribution in [2.45, 2.75) is 16.1 Å². The Morgan fingerprint density at radius 1 is 0.962 bits per heavy atom. The van der Waals surface area contributed by atoms with Gasteiger partial charge in [-0.15, -0.1) is 0 Å². The summed E-state index contributed by atoms with van der Waals surface area (Å²) in [6.45, 7) is 0. The molecule has 0 saturated carbocycles. The van der Waals surface area contributed by atoms with Gasteiger partial charge in [-0.05, 0) is 24.3 Å². The van der Waals surface area contributed by atoms with Crippen molar-refractivity contribution in [2.75, 3.05) is 5.73 Å². The van der Waals surface area contributed by atoms with E-state index < -0.39 is 31.5 Å². The van der Waals surface area contributed by atoms with Crippen LogP contribution in [-0.4, -0.2) is 28.4 Å². The molecule has 0 atom stereocenters. The molecule has 0 aliphatic heterocycles. The van der Waals surface area contributed by atoms with E-state index in [2.05, 4.69) is 19.9 Å². The molecule has 2 N–H and O–H groups in total. The molecule has 0 unspecified atom stereocenters. The van der Waals surface area contributed by atoms with Gasteiger partial charge in [0.15, 0.2) is 10.9 Å². The Balaban J connectivity index is 2.00. The summed E-state index contributed by atoms with van der Waals surface area (Å²) in [6.07, 6.45) is -0.178. The molecule has 3 rings (SSSR count). The van der Waals surface area contributed by atoms with Crippen molar-refractivity contribution in [3.05, 3.63) is 54.6 Å². The van der Waals surface area contributed by atoms with Crippen molar-refractivity contribution < 1.29 is 21.6 Å². The molecule has 0 saturated heterocycles. The van der Waals surface area contributed by atoms with E-state index in [-0.39, 0.29) is 11.6 Å². The molecule has 11 heteroatoms. The fraction of sp³-hybridized carbons (Fsp3) is 0.0667. The van der Waals surface area contributed by atoms with Crippen molar-refractivity contribution in [3.8, 4) is 11.4 Å². The van der Waals surface area contributed by atoms with Gasteiger partial charge in [-0.25, -0.2) is 23.4 Å². The van der Waals surface area contributed by atoms with E-state index in [1.165, 1.54) is 12.4 Å². The van der Waals surface area contributed by atoms with Crippen molar-refractivity contribution in [1.29, 1.82) is 0 Å². The van der Waals surface area contributed by atoms with Crippen LogP contribution in [0.4, 0.5) is 19.0 Å². The number of anilines is 1. The van der Waals surface area contributed by atoms with Crippen LogP contribution in [0.5, 0.6) is 0 Å². The summed E-state index contributed by atoms with van der Waals surface area (Å²) in [5, 5.41) is -0.586. The van der Waals surface area contributed by atoms with Crippen LogP contribution in [0.3, 0.4) is 0 Å². The number of pyridine rings is 2. The summed E-state index contributed by atoms with van der Waals surface area (Å²) in [5.41, 5.74) is 5.24. The summed E-state index contributed by atoms with van der Waals surface area (Å²) < 4.78 is 62.8. The van der Waals surface area contributed by atoms with Gasteiger partial charge in [0.1, 0.15) is 10.7 Å². The normalized spacial score (nSPS) is 12.1. The minimum atomic E-state index is -4.62. The Morgan fingerprint density at radius 3 is 2.19 bits per heavy atom. The fourth-order valence-corrected chi connectivity index (χ4v) is 3.23.